The average molecular weight is 277 g/mol. The number of rotatable bonds is 5. The normalized spacial score (nSPS) is 23.5. The molecule has 1 fully saturated rings. The van der Waals surface area contributed by atoms with E-state index in [4.69, 9.17) is 9.84 Å². The van der Waals surface area contributed by atoms with Gasteiger partial charge in [-0.05, 0) is 38.8 Å². The zero-order valence-corrected chi connectivity index (χ0v) is 12.2. The molecule has 1 aromatic carbocycles. The van der Waals surface area contributed by atoms with Crippen LogP contribution >= 0.6 is 0 Å². The van der Waals surface area contributed by atoms with Crippen molar-refractivity contribution in [1.29, 1.82) is 0 Å². The van der Waals surface area contributed by atoms with Crippen LogP contribution in [0, 0.1) is 0 Å². The fourth-order valence-corrected chi connectivity index (χ4v) is 2.95. The molecule has 2 unspecified atom stereocenters. The van der Waals surface area contributed by atoms with Crippen molar-refractivity contribution in [2.45, 2.75) is 45.2 Å². The van der Waals surface area contributed by atoms with Crippen molar-refractivity contribution in [3.63, 3.8) is 0 Å². The average Bonchev–Trinajstić information content (AvgIpc) is 2.42. The van der Waals surface area contributed by atoms with Gasteiger partial charge in [-0.3, -0.25) is 4.90 Å². The van der Waals surface area contributed by atoms with E-state index >= 15 is 0 Å². The molecule has 110 valence electrons. The number of nitrogens with zero attached hydrogens (tertiary/aromatic N) is 1. The third kappa shape index (κ3) is 3.51. The molecule has 1 saturated heterocycles. The first-order valence-corrected chi connectivity index (χ1v) is 7.30. The number of carboxylic acid groups (broad SMARTS) is 1. The van der Waals surface area contributed by atoms with E-state index in [0.29, 0.717) is 24.4 Å². The summed E-state index contributed by atoms with van der Waals surface area (Å²) in [5.74, 6) is -0.488. The van der Waals surface area contributed by atoms with E-state index in [0.717, 1.165) is 6.54 Å². The van der Waals surface area contributed by atoms with Gasteiger partial charge in [-0.1, -0.05) is 18.6 Å². The first kappa shape index (κ1) is 14.9. The van der Waals surface area contributed by atoms with E-state index in [-0.39, 0.29) is 5.56 Å². The molecule has 2 atom stereocenters. The van der Waals surface area contributed by atoms with E-state index in [1.54, 1.807) is 24.3 Å². The molecule has 1 heterocycles. The van der Waals surface area contributed by atoms with Gasteiger partial charge in [-0.2, -0.15) is 0 Å². The molecule has 1 aromatic rings. The Morgan fingerprint density at radius 2 is 1.95 bits per heavy atom. The zero-order chi connectivity index (χ0) is 14.5. The smallest absolute Gasteiger partial charge is 0.339 e. The number of ether oxygens (including phenoxy) is 1. The maximum atomic E-state index is 11.1. The predicted octanol–water partition coefficient (Wildman–Crippen LogP) is 3.03. The number of aromatic carboxylic acids is 1. The Morgan fingerprint density at radius 3 is 2.60 bits per heavy atom. The van der Waals surface area contributed by atoms with Gasteiger partial charge < -0.3 is 9.84 Å². The Labute approximate surface area is 120 Å². The third-order valence-corrected chi connectivity index (χ3v) is 4.10. The molecule has 0 bridgehead atoms. The monoisotopic (exact) mass is 277 g/mol. The number of hydrogen-bond donors (Lipinski definition) is 1. The first-order valence-electron chi connectivity index (χ1n) is 7.30. The number of benzene rings is 1. The molecular weight excluding hydrogens is 254 g/mol. The van der Waals surface area contributed by atoms with E-state index < -0.39 is 5.97 Å². The highest BCUT2D eigenvalue weighted by Crippen LogP contribution is 2.22. The van der Waals surface area contributed by atoms with Crippen LogP contribution in [-0.4, -0.2) is 41.2 Å². The van der Waals surface area contributed by atoms with Gasteiger partial charge in [0.15, 0.2) is 0 Å². The lowest BCUT2D eigenvalue weighted by molar-refractivity contribution is 0.0683. The molecule has 0 aromatic heterocycles. The van der Waals surface area contributed by atoms with Crippen LogP contribution in [0.5, 0.6) is 5.75 Å². The van der Waals surface area contributed by atoms with Crippen molar-refractivity contribution in [1.82, 2.24) is 4.90 Å². The fourth-order valence-electron chi connectivity index (χ4n) is 2.95. The lowest BCUT2D eigenvalue weighted by Crippen LogP contribution is -2.45. The van der Waals surface area contributed by atoms with Crippen LogP contribution in [0.2, 0.25) is 0 Å². The summed E-state index contributed by atoms with van der Waals surface area (Å²) in [6.45, 7) is 5.87. The summed E-state index contributed by atoms with van der Waals surface area (Å²) in [6.07, 6.45) is 3.76. The molecule has 4 nitrogen and oxygen atoms in total. The molecule has 4 heteroatoms. The standard InChI is InChI=1S/C16H23NO3/c1-12-6-5-7-13(2)17(12)10-11-20-15-9-4-3-8-14(15)16(18)19/h3-4,8-9,12-13H,5-7,10-11H2,1-2H3,(H,18,19). The highest BCUT2D eigenvalue weighted by molar-refractivity contribution is 5.90. The Balaban J connectivity index is 1.91. The Kier molecular flexibility index (Phi) is 5.01. The molecule has 1 N–H and O–H groups in total. The van der Waals surface area contributed by atoms with Crippen molar-refractivity contribution in [2.75, 3.05) is 13.2 Å². The van der Waals surface area contributed by atoms with Crippen molar-refractivity contribution in [3.8, 4) is 5.75 Å². The number of carboxylic acids is 1. The Hall–Kier alpha value is -1.55. The van der Waals surface area contributed by atoms with Crippen molar-refractivity contribution in [3.05, 3.63) is 29.8 Å². The molecule has 0 radical (unpaired) electrons. The summed E-state index contributed by atoms with van der Waals surface area (Å²) in [5, 5.41) is 9.11. The molecule has 0 aliphatic carbocycles. The number of hydrogen-bond acceptors (Lipinski definition) is 3. The van der Waals surface area contributed by atoms with Crippen LogP contribution in [0.25, 0.3) is 0 Å². The van der Waals surface area contributed by atoms with Gasteiger partial charge in [0.2, 0.25) is 0 Å². The second kappa shape index (κ2) is 6.75. The van der Waals surface area contributed by atoms with Gasteiger partial charge in [0.25, 0.3) is 0 Å². The quantitative estimate of drug-likeness (QED) is 0.898. The van der Waals surface area contributed by atoms with E-state index in [1.165, 1.54) is 19.3 Å². The Bertz CT molecular complexity index is 451. The van der Waals surface area contributed by atoms with Gasteiger partial charge >= 0.3 is 5.97 Å². The fraction of sp³-hybridized carbons (Fsp3) is 0.562. The summed E-state index contributed by atoms with van der Waals surface area (Å²) in [5.41, 5.74) is 0.229. The molecule has 20 heavy (non-hydrogen) atoms. The van der Waals surface area contributed by atoms with Gasteiger partial charge in [0.1, 0.15) is 17.9 Å². The van der Waals surface area contributed by atoms with Crippen molar-refractivity contribution >= 4 is 5.97 Å². The number of likely N-dealkylation sites (tertiary alicyclic amines) is 1. The summed E-state index contributed by atoms with van der Waals surface area (Å²) in [7, 11) is 0. The van der Waals surface area contributed by atoms with Gasteiger partial charge in [0, 0.05) is 18.6 Å². The van der Waals surface area contributed by atoms with Gasteiger partial charge in [-0.25, -0.2) is 4.79 Å². The highest BCUT2D eigenvalue weighted by atomic mass is 16.5. The van der Waals surface area contributed by atoms with E-state index in [2.05, 4.69) is 18.7 Å². The van der Waals surface area contributed by atoms with Crippen molar-refractivity contribution in [2.24, 2.45) is 0 Å². The third-order valence-electron chi connectivity index (χ3n) is 4.10. The molecule has 0 amide bonds. The second-order valence-corrected chi connectivity index (χ2v) is 5.52. The van der Waals surface area contributed by atoms with E-state index in [1.807, 2.05) is 0 Å². The lowest BCUT2D eigenvalue weighted by atomic mass is 9.98. The molecule has 1 aliphatic rings. The van der Waals surface area contributed by atoms with Crippen LogP contribution in [0.3, 0.4) is 0 Å². The highest BCUT2D eigenvalue weighted by Gasteiger charge is 2.24. The summed E-state index contributed by atoms with van der Waals surface area (Å²) in [4.78, 5) is 13.6. The topological polar surface area (TPSA) is 49.8 Å². The van der Waals surface area contributed by atoms with E-state index in [9.17, 15) is 4.79 Å². The second-order valence-electron chi connectivity index (χ2n) is 5.52. The minimum atomic E-state index is -0.944. The molecule has 0 saturated carbocycles. The molecule has 0 spiro atoms. The summed E-state index contributed by atoms with van der Waals surface area (Å²) in [6, 6.07) is 7.96. The predicted molar refractivity (Wildman–Crippen MR) is 78.4 cm³/mol. The summed E-state index contributed by atoms with van der Waals surface area (Å²) < 4.78 is 5.68. The van der Waals surface area contributed by atoms with Crippen LogP contribution in [-0.2, 0) is 0 Å². The van der Waals surface area contributed by atoms with Crippen molar-refractivity contribution < 1.29 is 14.6 Å². The Morgan fingerprint density at radius 1 is 1.30 bits per heavy atom. The molecular formula is C16H23NO3. The number of carbonyl (C=O) groups is 1. The van der Waals surface area contributed by atoms with Gasteiger partial charge in [0.05, 0.1) is 0 Å². The SMILES string of the molecule is CC1CCCC(C)N1CCOc1ccccc1C(=O)O. The maximum absolute atomic E-state index is 11.1. The minimum Gasteiger partial charge on any atom is -0.491 e. The van der Waals surface area contributed by atoms with Crippen LogP contribution in [0.4, 0.5) is 0 Å². The van der Waals surface area contributed by atoms with Crippen LogP contribution < -0.4 is 4.74 Å². The minimum absolute atomic E-state index is 0.229. The van der Waals surface area contributed by atoms with Gasteiger partial charge in [-0.15, -0.1) is 0 Å². The first-order chi connectivity index (χ1) is 9.59. The maximum Gasteiger partial charge on any atom is 0.339 e. The molecule has 1 aliphatic heterocycles. The summed E-state index contributed by atoms with van der Waals surface area (Å²) >= 11 is 0. The van der Waals surface area contributed by atoms with Crippen LogP contribution in [0.15, 0.2) is 24.3 Å². The largest absolute Gasteiger partial charge is 0.491 e. The lowest BCUT2D eigenvalue weighted by Gasteiger charge is -2.38. The zero-order valence-electron chi connectivity index (χ0n) is 12.2. The molecule has 2 rings (SSSR count). The van der Waals surface area contributed by atoms with Crippen LogP contribution in [0.1, 0.15) is 43.5 Å². The number of para-hydroxylation sites is 1. The number of piperidine rings is 1.